The number of hydrogen-bond donors (Lipinski definition) is 1. The van der Waals surface area contributed by atoms with Crippen molar-refractivity contribution in [2.24, 2.45) is 17.6 Å². The molecule has 0 aromatic carbocycles. The number of pyridine rings is 1. The zero-order valence-corrected chi connectivity index (χ0v) is 10.5. The van der Waals surface area contributed by atoms with Crippen LogP contribution in [0.25, 0.3) is 0 Å². The lowest BCUT2D eigenvalue weighted by Crippen LogP contribution is -2.25. The van der Waals surface area contributed by atoms with Crippen molar-refractivity contribution in [2.45, 2.75) is 31.2 Å². The molecule has 0 aliphatic heterocycles. The number of nitrogens with two attached hydrogens (primary N) is 1. The summed E-state index contributed by atoms with van der Waals surface area (Å²) in [6, 6.07) is 4.41. The fraction of sp³-hybridized carbons (Fsp3) is 0.583. The highest BCUT2D eigenvalue weighted by molar-refractivity contribution is 6.29. The Morgan fingerprint density at radius 3 is 2.62 bits per heavy atom. The summed E-state index contributed by atoms with van der Waals surface area (Å²) in [5, 5.41) is 0.575. The molecule has 3 rings (SSSR count). The molecule has 2 unspecified atom stereocenters. The van der Waals surface area contributed by atoms with E-state index in [-0.39, 0.29) is 12.4 Å². The number of halogens is 2. The molecule has 0 amide bonds. The predicted octanol–water partition coefficient (Wildman–Crippen LogP) is 3.00. The summed E-state index contributed by atoms with van der Waals surface area (Å²) in [5.41, 5.74) is 7.52. The zero-order valence-electron chi connectivity index (χ0n) is 8.97. The lowest BCUT2D eigenvalue weighted by atomic mass is 9.84. The van der Waals surface area contributed by atoms with Gasteiger partial charge in [-0.2, -0.15) is 0 Å². The first kappa shape index (κ1) is 12.2. The van der Waals surface area contributed by atoms with Crippen molar-refractivity contribution in [3.05, 3.63) is 29.0 Å². The SMILES string of the molecule is Cl.N[C@@H]1C2CCC1[C@@H](c1ccc(Cl)nc1)C2. The van der Waals surface area contributed by atoms with Crippen LogP contribution in [-0.2, 0) is 0 Å². The first-order valence-electron chi connectivity index (χ1n) is 5.63. The van der Waals surface area contributed by atoms with E-state index >= 15 is 0 Å². The number of nitrogens with zero attached hydrogens (tertiary/aromatic N) is 1. The van der Waals surface area contributed by atoms with Gasteiger partial charge in [-0.05, 0) is 48.6 Å². The minimum Gasteiger partial charge on any atom is -0.327 e. The van der Waals surface area contributed by atoms with E-state index in [1.54, 1.807) is 0 Å². The Kier molecular flexibility index (Phi) is 3.43. The van der Waals surface area contributed by atoms with Crippen molar-refractivity contribution < 1.29 is 0 Å². The molecule has 1 aromatic heterocycles. The van der Waals surface area contributed by atoms with Crippen LogP contribution < -0.4 is 5.73 Å². The summed E-state index contributed by atoms with van der Waals surface area (Å²) in [5.74, 6) is 2.05. The summed E-state index contributed by atoms with van der Waals surface area (Å²) in [4.78, 5) is 4.16. The summed E-state index contributed by atoms with van der Waals surface area (Å²) >= 11 is 5.79. The third-order valence-corrected chi connectivity index (χ3v) is 4.39. The Labute approximate surface area is 107 Å². The van der Waals surface area contributed by atoms with E-state index < -0.39 is 0 Å². The van der Waals surface area contributed by atoms with Crippen LogP contribution in [0.3, 0.4) is 0 Å². The average Bonchev–Trinajstić information content (AvgIpc) is 2.75. The molecular formula is C12H16Cl2N2. The van der Waals surface area contributed by atoms with Gasteiger partial charge in [-0.15, -0.1) is 12.4 Å². The summed E-state index contributed by atoms with van der Waals surface area (Å²) in [7, 11) is 0. The van der Waals surface area contributed by atoms with E-state index in [0.717, 1.165) is 5.92 Å². The molecule has 1 aromatic rings. The second-order valence-corrected chi connectivity index (χ2v) is 5.22. The van der Waals surface area contributed by atoms with Gasteiger partial charge in [-0.3, -0.25) is 0 Å². The smallest absolute Gasteiger partial charge is 0.129 e. The molecule has 0 spiro atoms. The van der Waals surface area contributed by atoms with Crippen LogP contribution in [0.1, 0.15) is 30.7 Å². The second kappa shape index (κ2) is 4.52. The van der Waals surface area contributed by atoms with Crippen LogP contribution in [0.15, 0.2) is 18.3 Å². The molecule has 88 valence electrons. The summed E-state index contributed by atoms with van der Waals surface area (Å²) in [6.45, 7) is 0. The molecule has 2 bridgehead atoms. The molecule has 16 heavy (non-hydrogen) atoms. The molecular weight excluding hydrogens is 243 g/mol. The van der Waals surface area contributed by atoms with Crippen molar-refractivity contribution >= 4 is 24.0 Å². The number of aromatic nitrogens is 1. The Morgan fingerprint density at radius 1 is 1.31 bits per heavy atom. The van der Waals surface area contributed by atoms with Gasteiger partial charge < -0.3 is 5.73 Å². The van der Waals surface area contributed by atoms with Crippen molar-refractivity contribution in [3.63, 3.8) is 0 Å². The third kappa shape index (κ3) is 1.83. The number of rotatable bonds is 1. The van der Waals surface area contributed by atoms with Crippen molar-refractivity contribution in [1.29, 1.82) is 0 Å². The van der Waals surface area contributed by atoms with Crippen molar-refractivity contribution in [1.82, 2.24) is 4.98 Å². The maximum atomic E-state index is 6.20. The topological polar surface area (TPSA) is 38.9 Å². The molecule has 2 aliphatic rings. The molecule has 2 aliphatic carbocycles. The molecule has 0 radical (unpaired) electrons. The average molecular weight is 259 g/mol. The lowest BCUT2D eigenvalue weighted by molar-refractivity contribution is 0.417. The highest BCUT2D eigenvalue weighted by Gasteiger charge is 2.46. The van der Waals surface area contributed by atoms with Gasteiger partial charge in [-0.1, -0.05) is 17.7 Å². The van der Waals surface area contributed by atoms with Crippen LogP contribution in [0.4, 0.5) is 0 Å². The minimum atomic E-state index is 0. The largest absolute Gasteiger partial charge is 0.327 e. The van der Waals surface area contributed by atoms with E-state index in [9.17, 15) is 0 Å². The number of fused-ring (bicyclic) bond motifs is 2. The Morgan fingerprint density at radius 2 is 2.12 bits per heavy atom. The monoisotopic (exact) mass is 258 g/mol. The molecule has 4 atom stereocenters. The van der Waals surface area contributed by atoms with Gasteiger partial charge in [0.2, 0.25) is 0 Å². The molecule has 1 heterocycles. The van der Waals surface area contributed by atoms with E-state index in [1.165, 1.54) is 24.8 Å². The van der Waals surface area contributed by atoms with Crippen LogP contribution in [0.5, 0.6) is 0 Å². The van der Waals surface area contributed by atoms with Crippen LogP contribution in [0, 0.1) is 11.8 Å². The van der Waals surface area contributed by atoms with Gasteiger partial charge in [0.25, 0.3) is 0 Å². The highest BCUT2D eigenvalue weighted by atomic mass is 35.5. The van der Waals surface area contributed by atoms with E-state index in [4.69, 9.17) is 17.3 Å². The standard InChI is InChI=1S/C12H15ClN2.ClH/c13-11-4-2-8(6-15-11)10-5-7-1-3-9(10)12(7)14;/h2,4,6-7,9-10,12H,1,3,5,14H2;1H/t7?,9?,10-,12-;/m1./s1. The van der Waals surface area contributed by atoms with Gasteiger partial charge in [-0.25, -0.2) is 4.98 Å². The fourth-order valence-corrected chi connectivity index (χ4v) is 3.49. The predicted molar refractivity (Wildman–Crippen MR) is 68.0 cm³/mol. The first-order valence-corrected chi connectivity index (χ1v) is 6.00. The third-order valence-electron chi connectivity index (χ3n) is 4.16. The Hall–Kier alpha value is -0.310. The second-order valence-electron chi connectivity index (χ2n) is 4.84. The first-order chi connectivity index (χ1) is 7.25. The van der Waals surface area contributed by atoms with Gasteiger partial charge in [0.15, 0.2) is 0 Å². The van der Waals surface area contributed by atoms with Crippen molar-refractivity contribution in [3.8, 4) is 0 Å². The van der Waals surface area contributed by atoms with Gasteiger partial charge in [0.05, 0.1) is 0 Å². The van der Waals surface area contributed by atoms with Gasteiger partial charge >= 0.3 is 0 Å². The Bertz CT molecular complexity index is 366. The number of hydrogen-bond acceptors (Lipinski definition) is 2. The van der Waals surface area contributed by atoms with Gasteiger partial charge in [0, 0.05) is 12.2 Å². The highest BCUT2D eigenvalue weighted by Crippen LogP contribution is 2.51. The maximum absolute atomic E-state index is 6.20. The Balaban J connectivity index is 0.000000963. The fourth-order valence-electron chi connectivity index (χ4n) is 3.38. The normalized spacial score (nSPS) is 36.1. The maximum Gasteiger partial charge on any atom is 0.129 e. The minimum absolute atomic E-state index is 0. The van der Waals surface area contributed by atoms with E-state index in [2.05, 4.69) is 11.1 Å². The molecule has 2 N–H and O–H groups in total. The van der Waals surface area contributed by atoms with Crippen LogP contribution in [-0.4, -0.2) is 11.0 Å². The molecule has 4 heteroatoms. The lowest BCUT2D eigenvalue weighted by Gasteiger charge is -2.21. The molecule has 0 saturated heterocycles. The van der Waals surface area contributed by atoms with Crippen molar-refractivity contribution in [2.75, 3.05) is 0 Å². The zero-order chi connectivity index (χ0) is 10.4. The van der Waals surface area contributed by atoms with E-state index in [0.29, 0.717) is 23.0 Å². The molecule has 2 fully saturated rings. The van der Waals surface area contributed by atoms with Crippen LogP contribution >= 0.6 is 24.0 Å². The van der Waals surface area contributed by atoms with Crippen LogP contribution in [0.2, 0.25) is 5.15 Å². The summed E-state index contributed by atoms with van der Waals surface area (Å²) in [6.07, 6.45) is 5.78. The molecule has 2 saturated carbocycles. The summed E-state index contributed by atoms with van der Waals surface area (Å²) < 4.78 is 0. The van der Waals surface area contributed by atoms with E-state index in [1.807, 2.05) is 12.3 Å². The quantitative estimate of drug-likeness (QED) is 0.787. The molecule has 2 nitrogen and oxygen atoms in total. The van der Waals surface area contributed by atoms with Gasteiger partial charge in [0.1, 0.15) is 5.15 Å².